The molecule has 0 saturated heterocycles. The van der Waals surface area contributed by atoms with Gasteiger partial charge in [-0.3, -0.25) is 4.79 Å². The summed E-state index contributed by atoms with van der Waals surface area (Å²) in [6.45, 7) is 0. The number of benzene rings is 2. The van der Waals surface area contributed by atoms with Crippen LogP contribution in [-0.2, 0) is 6.18 Å². The van der Waals surface area contributed by atoms with E-state index < -0.39 is 23.3 Å². The Bertz CT molecular complexity index is 1260. The van der Waals surface area contributed by atoms with Crippen LogP contribution in [-0.4, -0.2) is 30.9 Å². The summed E-state index contributed by atoms with van der Waals surface area (Å²) < 4.78 is 38.3. The van der Waals surface area contributed by atoms with Crippen LogP contribution in [0.1, 0.15) is 15.9 Å². The minimum absolute atomic E-state index is 0.0187. The maximum Gasteiger partial charge on any atom is 0.416 e. The molecule has 2 aromatic heterocycles. The highest BCUT2D eigenvalue weighted by molar-refractivity contribution is 5.93. The smallest absolute Gasteiger partial charge is 0.416 e. The molecule has 0 aliphatic carbocycles. The number of aromatic amines is 1. The van der Waals surface area contributed by atoms with Crippen LogP contribution < -0.4 is 5.56 Å². The summed E-state index contributed by atoms with van der Waals surface area (Å²) in [6.07, 6.45) is -1.73. The van der Waals surface area contributed by atoms with E-state index in [9.17, 15) is 22.8 Å². The third-order valence-corrected chi connectivity index (χ3v) is 4.00. The molecule has 2 aromatic carbocycles. The van der Waals surface area contributed by atoms with E-state index in [1.54, 1.807) is 24.4 Å². The van der Waals surface area contributed by atoms with Gasteiger partial charge < -0.3 is 15.2 Å². The highest BCUT2D eigenvalue weighted by Crippen LogP contribution is 2.29. The van der Waals surface area contributed by atoms with E-state index in [-0.39, 0.29) is 11.4 Å². The molecule has 30 heavy (non-hydrogen) atoms. The molecule has 154 valence electrons. The molecule has 7 nitrogen and oxygen atoms in total. The molecule has 2 heterocycles. The lowest BCUT2D eigenvalue weighted by atomic mass is 10.1. The maximum absolute atomic E-state index is 12.5. The van der Waals surface area contributed by atoms with Crippen LogP contribution in [0, 0.1) is 0 Å². The molecule has 0 saturated carbocycles. The largest absolute Gasteiger partial charge is 0.506 e. The molecule has 0 spiro atoms. The highest BCUT2D eigenvalue weighted by atomic mass is 19.4. The number of carboxylic acid groups (broad SMARTS) is 1. The first kappa shape index (κ1) is 20.6. The lowest BCUT2D eigenvalue weighted by Crippen LogP contribution is -2.20. The van der Waals surface area contributed by atoms with Crippen LogP contribution >= 0.6 is 0 Å². The van der Waals surface area contributed by atoms with E-state index >= 15 is 0 Å². The molecule has 0 fully saturated rings. The summed E-state index contributed by atoms with van der Waals surface area (Å²) >= 11 is 0. The van der Waals surface area contributed by atoms with Crippen molar-refractivity contribution in [1.29, 1.82) is 0 Å². The fraction of sp³-hybridized carbons (Fsp3) is 0.0500. The van der Waals surface area contributed by atoms with Crippen LogP contribution in [0.4, 0.5) is 13.2 Å². The van der Waals surface area contributed by atoms with Gasteiger partial charge in [0.05, 0.1) is 23.0 Å². The number of fused-ring (bicyclic) bond motifs is 1. The van der Waals surface area contributed by atoms with E-state index in [0.29, 0.717) is 5.56 Å². The summed E-state index contributed by atoms with van der Waals surface area (Å²) in [7, 11) is 0. The van der Waals surface area contributed by atoms with Gasteiger partial charge in [0.25, 0.3) is 5.56 Å². The van der Waals surface area contributed by atoms with Gasteiger partial charge in [0, 0.05) is 23.2 Å². The van der Waals surface area contributed by atoms with E-state index in [1.165, 1.54) is 12.1 Å². The number of carboxylic acids is 1. The average molecular weight is 417 g/mol. The molecule has 0 amide bonds. The second kappa shape index (κ2) is 8.11. The van der Waals surface area contributed by atoms with Crippen molar-refractivity contribution >= 4 is 16.9 Å². The molecule has 0 unspecified atom stereocenters. The van der Waals surface area contributed by atoms with Gasteiger partial charge >= 0.3 is 12.1 Å². The third-order valence-electron chi connectivity index (χ3n) is 4.00. The normalized spacial score (nSPS) is 11.0. The Morgan fingerprint density at radius 3 is 2.50 bits per heavy atom. The SMILES string of the molecule is O=C(O)c1ccc2[nH]ccc2c1.O=c1cc(O)cnn1-c1cccc(C(F)(F)F)c1. The second-order valence-corrected chi connectivity index (χ2v) is 6.10. The van der Waals surface area contributed by atoms with Crippen molar-refractivity contribution in [3.63, 3.8) is 0 Å². The van der Waals surface area contributed by atoms with Gasteiger partial charge in [-0.25, -0.2) is 4.79 Å². The van der Waals surface area contributed by atoms with Crippen LogP contribution in [0.15, 0.2) is 71.8 Å². The van der Waals surface area contributed by atoms with Gasteiger partial charge in [-0.15, -0.1) is 0 Å². The molecule has 0 atom stereocenters. The Labute approximate surface area is 166 Å². The van der Waals surface area contributed by atoms with Gasteiger partial charge in [0.1, 0.15) is 5.75 Å². The number of hydrogen-bond donors (Lipinski definition) is 3. The van der Waals surface area contributed by atoms with E-state index in [4.69, 9.17) is 10.2 Å². The minimum Gasteiger partial charge on any atom is -0.506 e. The summed E-state index contributed by atoms with van der Waals surface area (Å²) in [5.41, 5.74) is -0.326. The summed E-state index contributed by atoms with van der Waals surface area (Å²) in [4.78, 5) is 25.0. The minimum atomic E-state index is -4.49. The Balaban J connectivity index is 0.000000184. The molecule has 10 heteroatoms. The topological polar surface area (TPSA) is 108 Å². The second-order valence-electron chi connectivity index (χ2n) is 6.10. The molecule has 0 bridgehead atoms. The zero-order valence-electron chi connectivity index (χ0n) is 15.1. The molecule has 4 rings (SSSR count). The van der Waals surface area contributed by atoms with Crippen molar-refractivity contribution in [3.05, 3.63) is 88.5 Å². The fourth-order valence-corrected chi connectivity index (χ4v) is 2.59. The van der Waals surface area contributed by atoms with Gasteiger partial charge in [0.15, 0.2) is 0 Å². The number of carbonyl (C=O) groups is 1. The molecule has 0 radical (unpaired) electrons. The summed E-state index contributed by atoms with van der Waals surface area (Å²) in [5.74, 6) is -1.23. The molecule has 4 aromatic rings. The lowest BCUT2D eigenvalue weighted by molar-refractivity contribution is -0.137. The molecule has 0 aliphatic rings. The predicted molar refractivity (Wildman–Crippen MR) is 102 cm³/mol. The molecule has 0 aliphatic heterocycles. The number of halogens is 3. The van der Waals surface area contributed by atoms with Crippen LogP contribution in [0.3, 0.4) is 0 Å². The number of hydrogen-bond acceptors (Lipinski definition) is 4. The number of H-pyrrole nitrogens is 1. The van der Waals surface area contributed by atoms with E-state index in [0.717, 1.165) is 40.0 Å². The molecular weight excluding hydrogens is 403 g/mol. The predicted octanol–water partition coefficient (Wildman–Crippen LogP) is 3.82. The quantitative estimate of drug-likeness (QED) is 0.460. The van der Waals surface area contributed by atoms with Gasteiger partial charge in [-0.1, -0.05) is 6.07 Å². The molecular formula is C20H14F3N3O4. The number of aromatic carboxylic acids is 1. The van der Waals surface area contributed by atoms with Gasteiger partial charge in [-0.2, -0.15) is 23.0 Å². The van der Waals surface area contributed by atoms with Crippen molar-refractivity contribution in [2.24, 2.45) is 0 Å². The lowest BCUT2D eigenvalue weighted by Gasteiger charge is -2.09. The Morgan fingerprint density at radius 2 is 1.83 bits per heavy atom. The van der Waals surface area contributed by atoms with Crippen molar-refractivity contribution < 1.29 is 28.2 Å². The fourth-order valence-electron chi connectivity index (χ4n) is 2.59. The van der Waals surface area contributed by atoms with Crippen LogP contribution in [0.25, 0.3) is 16.6 Å². The van der Waals surface area contributed by atoms with Gasteiger partial charge in [0.2, 0.25) is 0 Å². The zero-order chi connectivity index (χ0) is 21.9. The summed E-state index contributed by atoms with van der Waals surface area (Å²) in [6, 6.07) is 11.9. The standard InChI is InChI=1S/C11H7F3N2O2.C9H7NO2/c12-11(13,14)7-2-1-3-8(4-7)16-10(18)5-9(17)6-15-16;11-9(12)7-1-2-8-6(5-7)3-4-10-8/h1-6,17H;1-5,10H,(H,11,12). The Kier molecular flexibility index (Phi) is 5.58. The Morgan fingerprint density at radius 1 is 1.07 bits per heavy atom. The number of aromatic nitrogens is 3. The average Bonchev–Trinajstić information content (AvgIpc) is 3.16. The highest BCUT2D eigenvalue weighted by Gasteiger charge is 2.30. The van der Waals surface area contributed by atoms with Crippen molar-refractivity contribution in [2.75, 3.05) is 0 Å². The maximum atomic E-state index is 12.5. The van der Waals surface area contributed by atoms with Crippen molar-refractivity contribution in [3.8, 4) is 11.4 Å². The zero-order valence-corrected chi connectivity index (χ0v) is 15.1. The van der Waals surface area contributed by atoms with E-state index in [2.05, 4.69) is 10.1 Å². The number of rotatable bonds is 2. The van der Waals surface area contributed by atoms with Crippen LogP contribution in [0.2, 0.25) is 0 Å². The molecule has 3 N–H and O–H groups in total. The third kappa shape index (κ3) is 4.66. The number of nitrogens with zero attached hydrogens (tertiary/aromatic N) is 2. The monoisotopic (exact) mass is 417 g/mol. The van der Waals surface area contributed by atoms with Gasteiger partial charge in [-0.05, 0) is 42.5 Å². The first-order valence-electron chi connectivity index (χ1n) is 8.41. The van der Waals surface area contributed by atoms with Crippen LogP contribution in [0.5, 0.6) is 5.75 Å². The van der Waals surface area contributed by atoms with Crippen molar-refractivity contribution in [1.82, 2.24) is 14.8 Å². The van der Waals surface area contributed by atoms with Crippen molar-refractivity contribution in [2.45, 2.75) is 6.18 Å². The first-order chi connectivity index (χ1) is 14.1. The number of nitrogens with one attached hydrogen (secondary N) is 1. The number of aromatic hydroxyl groups is 1. The first-order valence-corrected chi connectivity index (χ1v) is 8.41. The number of alkyl halides is 3. The Hall–Kier alpha value is -4.08. The summed E-state index contributed by atoms with van der Waals surface area (Å²) in [5, 5.41) is 22.2. The van der Waals surface area contributed by atoms with E-state index in [1.807, 2.05) is 6.07 Å².